The average Bonchev–Trinajstić information content (AvgIpc) is 2.04. The van der Waals surface area contributed by atoms with E-state index in [1.807, 2.05) is 0 Å². The SMILES string of the molecule is [2H]C1([2H])C([2H])([2H])C([2H])([2H])C([2H])(O)C1([2H])[2H]. The molecule has 0 aromatic rings. The van der Waals surface area contributed by atoms with E-state index < -0.39 is 31.6 Å². The van der Waals surface area contributed by atoms with Gasteiger partial charge in [-0.25, -0.2) is 0 Å². The van der Waals surface area contributed by atoms with Crippen molar-refractivity contribution in [1.29, 1.82) is 0 Å². The van der Waals surface area contributed by atoms with Crippen molar-refractivity contribution < 1.29 is 17.4 Å². The minimum absolute atomic E-state index is 3.29. The summed E-state index contributed by atoms with van der Waals surface area (Å²) < 4.78 is 64.6. The van der Waals surface area contributed by atoms with Crippen molar-refractivity contribution in [2.24, 2.45) is 0 Å². The molecule has 0 atom stereocenters. The molecular formula is C5H10O. The molecule has 1 fully saturated rings. The van der Waals surface area contributed by atoms with Crippen LogP contribution in [0.3, 0.4) is 0 Å². The van der Waals surface area contributed by atoms with Gasteiger partial charge >= 0.3 is 0 Å². The standard InChI is InChI=1S/C5H10O/c6-5-3-1-2-4-5/h5-6H,1-4H2/i1D2,2D2,3D2,4D2,5D. The van der Waals surface area contributed by atoms with Crippen LogP contribution >= 0.6 is 0 Å². The zero-order valence-electron chi connectivity index (χ0n) is 11.9. The maximum atomic E-state index is 9.36. The minimum atomic E-state index is -3.48. The van der Waals surface area contributed by atoms with Crippen molar-refractivity contribution in [2.45, 2.75) is 31.6 Å². The molecule has 6 heavy (non-hydrogen) atoms. The van der Waals surface area contributed by atoms with Gasteiger partial charge in [0, 0.05) is 11.0 Å². The second kappa shape index (κ2) is 1.61. The fourth-order valence-electron chi connectivity index (χ4n) is 0.212. The van der Waals surface area contributed by atoms with E-state index in [1.165, 1.54) is 0 Å². The molecule has 0 radical (unpaired) electrons. The fourth-order valence-corrected chi connectivity index (χ4v) is 0.212. The van der Waals surface area contributed by atoms with E-state index >= 15 is 0 Å². The van der Waals surface area contributed by atoms with Crippen LogP contribution in [0.15, 0.2) is 0 Å². The highest BCUT2D eigenvalue weighted by Crippen LogP contribution is 2.16. The summed E-state index contributed by atoms with van der Waals surface area (Å²) in [6.07, 6.45) is -16.7. The van der Waals surface area contributed by atoms with E-state index in [2.05, 4.69) is 0 Å². The summed E-state index contributed by atoms with van der Waals surface area (Å²) in [4.78, 5) is 0. The molecule has 1 nitrogen and oxygen atoms in total. The molecule has 1 N–H and O–H groups in total. The van der Waals surface area contributed by atoms with Gasteiger partial charge in [-0.2, -0.15) is 0 Å². The topological polar surface area (TPSA) is 20.2 Å². The van der Waals surface area contributed by atoms with Gasteiger partial charge in [-0.05, 0) is 12.7 Å². The first-order chi connectivity index (χ1) is 6.25. The molecule has 36 valence electrons. The zero-order valence-corrected chi connectivity index (χ0v) is 2.95. The van der Waals surface area contributed by atoms with E-state index in [1.54, 1.807) is 0 Å². The van der Waals surface area contributed by atoms with Crippen LogP contribution in [0.1, 0.15) is 37.8 Å². The first-order valence-electron chi connectivity index (χ1n) is 5.97. The number of hydrogen-bond donors (Lipinski definition) is 1. The van der Waals surface area contributed by atoms with E-state index in [-0.39, 0.29) is 0 Å². The third-order valence-electron chi connectivity index (χ3n) is 0.424. The largest absolute Gasteiger partial charge is 0.393 e. The average molecular weight is 95.2 g/mol. The molecular weight excluding hydrogens is 76.1 g/mol. The Bertz CT molecular complexity index is 203. The second-order valence-corrected chi connectivity index (χ2v) is 0.849. The first kappa shape index (κ1) is 0.655. The Morgan fingerprint density at radius 1 is 1.67 bits per heavy atom. The predicted molar refractivity (Wildman–Crippen MR) is 24.5 cm³/mol. The summed E-state index contributed by atoms with van der Waals surface area (Å²) in [6.45, 7) is 0. The lowest BCUT2D eigenvalue weighted by molar-refractivity contribution is 0.183. The summed E-state index contributed by atoms with van der Waals surface area (Å²) in [5, 5.41) is 9.36. The summed E-state index contributed by atoms with van der Waals surface area (Å²) in [5.41, 5.74) is 0. The van der Waals surface area contributed by atoms with Gasteiger partial charge in [0.05, 0.1) is 7.45 Å². The highest BCUT2D eigenvalue weighted by Gasteiger charge is 2.09. The van der Waals surface area contributed by atoms with Gasteiger partial charge < -0.3 is 5.11 Å². The molecule has 0 saturated heterocycles. The molecule has 0 aliphatic heterocycles. The smallest absolute Gasteiger partial charge is 0.0600 e. The zero-order chi connectivity index (χ0) is 12.5. The number of rotatable bonds is 0. The van der Waals surface area contributed by atoms with E-state index in [0.29, 0.717) is 0 Å². The summed E-state index contributed by atoms with van der Waals surface area (Å²) in [6, 6.07) is 0. The Labute approximate surface area is 50.6 Å². The van der Waals surface area contributed by atoms with Crippen molar-refractivity contribution in [3.63, 3.8) is 0 Å². The Morgan fingerprint density at radius 3 is 2.33 bits per heavy atom. The molecule has 0 unspecified atom stereocenters. The van der Waals surface area contributed by atoms with Gasteiger partial charge in [-0.3, -0.25) is 0 Å². The highest BCUT2D eigenvalue weighted by molar-refractivity contribution is 4.63. The molecule has 0 amide bonds. The fraction of sp³-hybridized carbons (Fsp3) is 1.00. The highest BCUT2D eigenvalue weighted by atomic mass is 16.3. The third-order valence-corrected chi connectivity index (χ3v) is 0.424. The van der Waals surface area contributed by atoms with E-state index in [9.17, 15) is 5.11 Å². The Hall–Kier alpha value is -0.0400. The van der Waals surface area contributed by atoms with Crippen LogP contribution in [-0.2, 0) is 0 Å². The van der Waals surface area contributed by atoms with Crippen LogP contribution in [0, 0.1) is 0 Å². The van der Waals surface area contributed by atoms with Crippen LogP contribution in [0.4, 0.5) is 0 Å². The number of hydrogen-bond acceptors (Lipinski definition) is 1. The van der Waals surface area contributed by atoms with Crippen LogP contribution in [0.5, 0.6) is 0 Å². The van der Waals surface area contributed by atoms with Crippen molar-refractivity contribution >= 4 is 0 Å². The molecule has 1 rings (SSSR count). The maximum Gasteiger partial charge on any atom is 0.0600 e. The molecule has 0 aromatic carbocycles. The van der Waals surface area contributed by atoms with Gasteiger partial charge in [0.2, 0.25) is 0 Å². The molecule has 0 spiro atoms. The van der Waals surface area contributed by atoms with Gasteiger partial charge in [0.15, 0.2) is 0 Å². The van der Waals surface area contributed by atoms with Crippen LogP contribution in [0.25, 0.3) is 0 Å². The Kier molecular flexibility index (Phi) is 0.175. The lowest BCUT2D eigenvalue weighted by Crippen LogP contribution is -1.94. The third kappa shape index (κ3) is 0.716. The van der Waals surface area contributed by atoms with Crippen LogP contribution < -0.4 is 0 Å². The molecule has 0 aromatic heterocycles. The molecule has 1 saturated carbocycles. The normalized spacial score (nSPS) is 86.5. The molecule has 1 heteroatoms. The molecule has 0 bridgehead atoms. The monoisotopic (exact) mass is 95.1 g/mol. The van der Waals surface area contributed by atoms with Crippen LogP contribution in [0.2, 0.25) is 0 Å². The molecule has 1 aliphatic carbocycles. The van der Waals surface area contributed by atoms with Gasteiger partial charge in [0.25, 0.3) is 0 Å². The first-order valence-corrected chi connectivity index (χ1v) is 1.47. The van der Waals surface area contributed by atoms with Gasteiger partial charge in [0.1, 0.15) is 0 Å². The van der Waals surface area contributed by atoms with Crippen molar-refractivity contribution in [3.05, 3.63) is 0 Å². The molecule has 1 aliphatic rings. The summed E-state index contributed by atoms with van der Waals surface area (Å²) in [7, 11) is 0. The second-order valence-electron chi connectivity index (χ2n) is 0.849. The van der Waals surface area contributed by atoms with Crippen LogP contribution in [-0.4, -0.2) is 11.2 Å². The molecule has 0 heterocycles. The lowest BCUT2D eigenvalue weighted by atomic mass is 10.3. The van der Waals surface area contributed by atoms with E-state index in [0.717, 1.165) is 0 Å². The summed E-state index contributed by atoms with van der Waals surface area (Å²) >= 11 is 0. The Balaban J connectivity index is 3.55. The van der Waals surface area contributed by atoms with Crippen molar-refractivity contribution in [2.75, 3.05) is 0 Å². The van der Waals surface area contributed by atoms with E-state index in [4.69, 9.17) is 12.3 Å². The summed E-state index contributed by atoms with van der Waals surface area (Å²) in [5.74, 6) is 0. The Morgan fingerprint density at radius 2 is 2.17 bits per heavy atom. The minimum Gasteiger partial charge on any atom is -0.393 e. The van der Waals surface area contributed by atoms with Gasteiger partial charge in [-0.1, -0.05) is 12.7 Å². The number of aliphatic hydroxyl groups is 1. The van der Waals surface area contributed by atoms with Gasteiger partial charge in [-0.15, -0.1) is 0 Å². The van der Waals surface area contributed by atoms with Crippen molar-refractivity contribution in [3.8, 4) is 0 Å². The quantitative estimate of drug-likeness (QED) is 0.474. The predicted octanol–water partition coefficient (Wildman–Crippen LogP) is 0.921. The maximum absolute atomic E-state index is 9.36. The lowest BCUT2D eigenvalue weighted by Gasteiger charge is -1.91. The van der Waals surface area contributed by atoms with Crippen molar-refractivity contribution in [1.82, 2.24) is 0 Å².